The number of piperazine rings is 1. The Labute approximate surface area is 265 Å². The van der Waals surface area contributed by atoms with Gasteiger partial charge in [-0.15, -0.1) is 0 Å². The Hall–Kier alpha value is -4.91. The van der Waals surface area contributed by atoms with E-state index in [0.717, 1.165) is 10.1 Å². The van der Waals surface area contributed by atoms with Crippen molar-refractivity contribution in [2.45, 2.75) is 58.8 Å². The molecule has 3 aromatic rings. The molecule has 2 atom stereocenters. The minimum Gasteiger partial charge on any atom is -0.483 e. The topological polar surface area (TPSA) is 151 Å². The van der Waals surface area contributed by atoms with Gasteiger partial charge in [-0.1, -0.05) is 19.9 Å². The van der Waals surface area contributed by atoms with Crippen molar-refractivity contribution in [1.29, 1.82) is 0 Å². The molecule has 0 bridgehead atoms. The molecule has 13 heteroatoms. The molecule has 4 heterocycles. The molecule has 0 aliphatic carbocycles. The van der Waals surface area contributed by atoms with Gasteiger partial charge in [-0.25, -0.2) is 28.3 Å². The molecule has 2 N–H and O–H groups in total. The molecule has 2 amide bonds. The largest absolute Gasteiger partial charge is 0.483 e. The van der Waals surface area contributed by atoms with Crippen molar-refractivity contribution in [3.63, 3.8) is 0 Å². The number of ketones is 1. The van der Waals surface area contributed by atoms with Crippen LogP contribution in [-0.4, -0.2) is 79.3 Å². The summed E-state index contributed by atoms with van der Waals surface area (Å²) < 4.78 is 16.0. The highest BCUT2D eigenvalue weighted by atomic mass is 16.6. The molecule has 1 unspecified atom stereocenters. The molecular weight excluding hydrogens is 592 g/mol. The van der Waals surface area contributed by atoms with Crippen molar-refractivity contribution in [2.24, 2.45) is 11.7 Å². The summed E-state index contributed by atoms with van der Waals surface area (Å²) in [5, 5.41) is 0. The molecule has 3 aliphatic rings. The number of carbonyl (C=O) groups excluding carboxylic acids is 3. The van der Waals surface area contributed by atoms with Crippen LogP contribution < -0.4 is 26.6 Å². The third-order valence-corrected chi connectivity index (χ3v) is 9.01. The first-order valence-electron chi connectivity index (χ1n) is 15.4. The number of nitrogens with zero attached hydrogens (tertiary/aromatic N) is 5. The van der Waals surface area contributed by atoms with Gasteiger partial charge in [0.2, 0.25) is 5.91 Å². The van der Waals surface area contributed by atoms with E-state index < -0.39 is 35.2 Å². The molecule has 0 saturated carbocycles. The fourth-order valence-electron chi connectivity index (χ4n) is 6.28. The van der Waals surface area contributed by atoms with Crippen LogP contribution >= 0.6 is 0 Å². The molecule has 1 fully saturated rings. The number of benzene rings is 2. The number of aromatic nitrogens is 3. The van der Waals surface area contributed by atoms with Gasteiger partial charge in [-0.05, 0) is 68.7 Å². The van der Waals surface area contributed by atoms with E-state index in [1.807, 2.05) is 33.8 Å². The zero-order chi connectivity index (χ0) is 33.1. The Morgan fingerprint density at radius 3 is 2.24 bits per heavy atom. The number of rotatable bonds is 5. The molecule has 0 radical (unpaired) electrons. The van der Waals surface area contributed by atoms with Crippen LogP contribution in [-0.2, 0) is 11.3 Å². The number of allylic oxidation sites excluding steroid dienone is 1. The van der Waals surface area contributed by atoms with E-state index in [9.17, 15) is 24.0 Å². The lowest BCUT2D eigenvalue weighted by Crippen LogP contribution is -2.55. The monoisotopic (exact) mass is 630 g/mol. The summed E-state index contributed by atoms with van der Waals surface area (Å²) in [4.78, 5) is 68.1. The van der Waals surface area contributed by atoms with Gasteiger partial charge in [0.15, 0.2) is 5.78 Å². The average Bonchev–Trinajstić information content (AvgIpc) is 3.29. The van der Waals surface area contributed by atoms with E-state index in [1.165, 1.54) is 16.3 Å². The number of amides is 2. The Morgan fingerprint density at radius 2 is 1.61 bits per heavy atom. The van der Waals surface area contributed by atoms with Crippen LogP contribution in [0.25, 0.3) is 5.69 Å². The maximum atomic E-state index is 13.9. The summed E-state index contributed by atoms with van der Waals surface area (Å²) in [5.41, 5.74) is 6.46. The van der Waals surface area contributed by atoms with Crippen molar-refractivity contribution in [1.82, 2.24) is 23.7 Å². The lowest BCUT2D eigenvalue weighted by atomic mass is 9.83. The first-order valence-corrected chi connectivity index (χ1v) is 15.4. The second-order valence-electron chi connectivity index (χ2n) is 12.8. The van der Waals surface area contributed by atoms with Gasteiger partial charge < -0.3 is 25.0 Å². The predicted octanol–water partition coefficient (Wildman–Crippen LogP) is 2.33. The Kier molecular flexibility index (Phi) is 7.75. The lowest BCUT2D eigenvalue weighted by Gasteiger charge is -2.42. The Bertz CT molecular complexity index is 1870. The maximum absolute atomic E-state index is 13.9. The van der Waals surface area contributed by atoms with E-state index in [-0.39, 0.29) is 29.9 Å². The van der Waals surface area contributed by atoms with Crippen LogP contribution in [0, 0.1) is 5.92 Å². The molecule has 46 heavy (non-hydrogen) atoms. The molecule has 2 aromatic carbocycles. The fourth-order valence-corrected chi connectivity index (χ4v) is 6.28. The maximum Gasteiger partial charge on any atom is 0.415 e. The normalized spacial score (nSPS) is 18.9. The fraction of sp³-hybridized carbons (Fsp3) is 0.424. The van der Waals surface area contributed by atoms with E-state index in [2.05, 4.69) is 0 Å². The van der Waals surface area contributed by atoms with E-state index in [4.69, 9.17) is 15.2 Å². The molecule has 1 aromatic heterocycles. The average molecular weight is 631 g/mol. The highest BCUT2D eigenvalue weighted by Gasteiger charge is 2.44. The van der Waals surface area contributed by atoms with Gasteiger partial charge >= 0.3 is 17.5 Å². The van der Waals surface area contributed by atoms with Crippen LogP contribution in [0.1, 0.15) is 56.6 Å². The second kappa shape index (κ2) is 11.5. The van der Waals surface area contributed by atoms with Crippen molar-refractivity contribution < 1.29 is 23.9 Å². The lowest BCUT2D eigenvalue weighted by molar-refractivity contribution is -0.135. The summed E-state index contributed by atoms with van der Waals surface area (Å²) in [6.45, 7) is 10.6. The quantitative estimate of drug-likeness (QED) is 0.333. The third kappa shape index (κ3) is 5.23. The number of hydrogen-bond donors (Lipinski definition) is 1. The highest BCUT2D eigenvalue weighted by Crippen LogP contribution is 2.47. The number of ether oxygens (including phenoxy) is 2. The van der Waals surface area contributed by atoms with Crippen LogP contribution in [0.2, 0.25) is 0 Å². The first kappa shape index (κ1) is 31.1. The first-order chi connectivity index (χ1) is 21.8. The summed E-state index contributed by atoms with van der Waals surface area (Å²) in [7, 11) is 0. The van der Waals surface area contributed by atoms with Gasteiger partial charge in [0.1, 0.15) is 23.1 Å². The van der Waals surface area contributed by atoms with Gasteiger partial charge in [0, 0.05) is 43.4 Å². The van der Waals surface area contributed by atoms with Gasteiger partial charge in [0.25, 0.3) is 0 Å². The van der Waals surface area contributed by atoms with Crippen LogP contribution in [0.4, 0.5) is 4.79 Å². The van der Waals surface area contributed by atoms with E-state index >= 15 is 0 Å². The SMILES string of the molecule is CC(=O)c1ccc(-n2c(=O)n3n(c2=O)C2C(=CC3)C(C)(C)Oc3cc(OC(=O)N4CCN(C(=O)[C@@H](N)C(C)C)CC4)ccc32)cc1. The summed E-state index contributed by atoms with van der Waals surface area (Å²) in [6.07, 6.45) is 1.36. The minimum absolute atomic E-state index is 0.0176. The zero-order valence-electron chi connectivity index (χ0n) is 26.6. The highest BCUT2D eigenvalue weighted by molar-refractivity contribution is 5.94. The van der Waals surface area contributed by atoms with Crippen LogP contribution in [0.5, 0.6) is 11.5 Å². The number of fused-ring (bicyclic) bond motifs is 5. The molecule has 3 aliphatic heterocycles. The standard InChI is InChI=1S/C33H38N6O7/c1-19(2)27(34)29(41)35-14-16-36(17-15-35)32(44)45-23-10-11-24-26(18-23)46-33(4,5)25-12-13-37-30(42)38(31(43)39(37)28(24)25)22-8-6-21(7-9-22)20(3)40/h6-12,18-19,27-28H,13-17,34H2,1-5H3/t27-,28?/m0/s1. The van der Waals surface area contributed by atoms with Gasteiger partial charge in [0.05, 0.1) is 18.3 Å². The van der Waals surface area contributed by atoms with E-state index in [0.29, 0.717) is 48.7 Å². The molecule has 13 nitrogen and oxygen atoms in total. The van der Waals surface area contributed by atoms with Crippen molar-refractivity contribution in [3.05, 3.63) is 86.2 Å². The molecule has 0 spiro atoms. The zero-order valence-corrected chi connectivity index (χ0v) is 26.6. The number of hydrogen-bond acceptors (Lipinski definition) is 8. The second-order valence-corrected chi connectivity index (χ2v) is 12.8. The molecule has 6 rings (SSSR count). The van der Waals surface area contributed by atoms with Crippen molar-refractivity contribution in [2.75, 3.05) is 26.2 Å². The van der Waals surface area contributed by atoms with E-state index in [1.54, 1.807) is 52.3 Å². The third-order valence-electron chi connectivity index (χ3n) is 9.01. The van der Waals surface area contributed by atoms with Gasteiger partial charge in [-0.3, -0.25) is 9.59 Å². The Morgan fingerprint density at radius 1 is 0.957 bits per heavy atom. The van der Waals surface area contributed by atoms with Crippen LogP contribution in [0.3, 0.4) is 0 Å². The van der Waals surface area contributed by atoms with Crippen LogP contribution in [0.15, 0.2) is 63.7 Å². The molecular formula is C33H38N6O7. The summed E-state index contributed by atoms with van der Waals surface area (Å²) >= 11 is 0. The molecule has 1 saturated heterocycles. The smallest absolute Gasteiger partial charge is 0.415 e. The van der Waals surface area contributed by atoms with Gasteiger partial charge in [-0.2, -0.15) is 0 Å². The van der Waals surface area contributed by atoms with Crippen molar-refractivity contribution >= 4 is 17.8 Å². The number of nitrogens with two attached hydrogens (primary N) is 1. The minimum atomic E-state index is -0.841. The van der Waals surface area contributed by atoms with Crippen molar-refractivity contribution in [3.8, 4) is 17.2 Å². The number of carbonyl (C=O) groups is 3. The number of Topliss-reactive ketones (excluding diaryl/α,β-unsaturated/α-hetero) is 1. The Balaban J connectivity index is 1.26. The summed E-state index contributed by atoms with van der Waals surface area (Å²) in [6, 6.07) is 10.1. The molecule has 242 valence electrons. The summed E-state index contributed by atoms with van der Waals surface area (Å²) in [5.74, 6) is 0.453. The predicted molar refractivity (Wildman–Crippen MR) is 169 cm³/mol.